The monoisotopic (exact) mass is 999 g/mol. The Morgan fingerprint density at radius 1 is 0.764 bits per heavy atom. The average Bonchev–Trinajstić information content (AvgIpc) is 3.70. The number of aromatic nitrogens is 2. The highest BCUT2D eigenvalue weighted by molar-refractivity contribution is 6.01. The summed E-state index contributed by atoms with van der Waals surface area (Å²) in [6, 6.07) is 6.89. The number of rotatable bonds is 15. The summed E-state index contributed by atoms with van der Waals surface area (Å²) in [5.41, 5.74) is -1.30. The van der Waals surface area contributed by atoms with Gasteiger partial charge in [-0.05, 0) is 123 Å². The number of hydrogen-bond donors (Lipinski definition) is 2. The molecule has 0 saturated carbocycles. The van der Waals surface area contributed by atoms with Gasteiger partial charge in [0.15, 0.2) is 11.0 Å². The second-order valence-corrected chi connectivity index (χ2v) is 21.3. The van der Waals surface area contributed by atoms with Gasteiger partial charge in [-0.1, -0.05) is 13.8 Å². The van der Waals surface area contributed by atoms with Crippen molar-refractivity contribution in [3.8, 4) is 17.1 Å². The van der Waals surface area contributed by atoms with Crippen molar-refractivity contribution in [1.29, 1.82) is 0 Å². The van der Waals surface area contributed by atoms with Crippen LogP contribution in [0.3, 0.4) is 0 Å². The number of nitrogens with one attached hydrogen (secondary N) is 1. The summed E-state index contributed by atoms with van der Waals surface area (Å²) in [5, 5.41) is 14.9. The molecule has 0 unspecified atom stereocenters. The van der Waals surface area contributed by atoms with Crippen molar-refractivity contribution >= 4 is 52.6 Å². The third kappa shape index (κ3) is 11.5. The van der Waals surface area contributed by atoms with Crippen LogP contribution in [0.5, 0.6) is 5.75 Å². The minimum atomic E-state index is -1.92. The second-order valence-electron chi connectivity index (χ2n) is 21.3. The number of unbranched alkanes of at least 4 members (excludes halogenated alkanes) is 2. The molecule has 2 aromatic heterocycles. The van der Waals surface area contributed by atoms with Crippen molar-refractivity contribution in [2.24, 2.45) is 5.41 Å². The molecule has 4 amide bonds. The van der Waals surface area contributed by atoms with E-state index in [9.17, 15) is 43.5 Å². The maximum absolute atomic E-state index is 13.7. The Balaban J connectivity index is 0.800. The highest BCUT2D eigenvalue weighted by atomic mass is 16.6. The van der Waals surface area contributed by atoms with Gasteiger partial charge in [-0.3, -0.25) is 28.8 Å². The molecule has 19 heteroatoms. The van der Waals surface area contributed by atoms with Crippen LogP contribution in [-0.4, -0.2) is 128 Å². The number of fused-ring (bicyclic) bond motifs is 5. The Morgan fingerprint density at radius 2 is 1.35 bits per heavy atom. The number of pyridine rings is 2. The molecule has 3 aromatic rings. The summed E-state index contributed by atoms with van der Waals surface area (Å²) >= 11 is 0. The van der Waals surface area contributed by atoms with Crippen LogP contribution < -0.4 is 15.6 Å². The maximum atomic E-state index is 13.7. The van der Waals surface area contributed by atoms with E-state index in [0.717, 1.165) is 16.5 Å². The number of aryl methyl sites for hydroxylation is 1. The third-order valence-corrected chi connectivity index (χ3v) is 14.0. The first kappa shape index (κ1) is 53.4. The molecule has 1 atom stereocenters. The molecule has 19 nitrogen and oxygen atoms in total. The number of esters is 3. The number of carbonyl (C=O) groups excluding carboxylic acids is 7. The number of ether oxygens (including phenoxy) is 4. The molecule has 390 valence electrons. The number of hydrogen-bond acceptors (Lipinski definition) is 14. The predicted molar refractivity (Wildman–Crippen MR) is 263 cm³/mol. The van der Waals surface area contributed by atoms with E-state index in [4.69, 9.17) is 23.9 Å². The molecule has 1 aromatic carbocycles. The van der Waals surface area contributed by atoms with Gasteiger partial charge < -0.3 is 48.6 Å². The minimum absolute atomic E-state index is 0.0257. The molecule has 0 radical (unpaired) electrons. The van der Waals surface area contributed by atoms with Crippen molar-refractivity contribution in [2.45, 2.75) is 156 Å². The molecule has 2 N–H and O–H groups in total. The fraction of sp³-hybridized carbons (Fsp3) is 0.604. The zero-order valence-electron chi connectivity index (χ0n) is 43.0. The lowest BCUT2D eigenvalue weighted by Gasteiger charge is -2.40. The summed E-state index contributed by atoms with van der Waals surface area (Å²) in [4.78, 5) is 115. The second kappa shape index (κ2) is 21.4. The quantitative estimate of drug-likeness (QED) is 0.0655. The Morgan fingerprint density at radius 3 is 1.94 bits per heavy atom. The number of cyclic esters (lactones) is 1. The number of amides is 4. The Hall–Kier alpha value is -6.37. The average molecular weight is 999 g/mol. The van der Waals surface area contributed by atoms with E-state index in [1.807, 2.05) is 6.92 Å². The molecule has 7 rings (SSSR count). The molecule has 4 aliphatic heterocycles. The predicted octanol–water partition coefficient (Wildman–Crippen LogP) is 5.42. The van der Waals surface area contributed by atoms with Crippen LogP contribution in [0.2, 0.25) is 0 Å². The molecule has 2 saturated heterocycles. The van der Waals surface area contributed by atoms with Crippen LogP contribution in [0.1, 0.15) is 142 Å². The number of aliphatic hydroxyl groups is 1. The molecule has 0 spiro atoms. The number of nitrogens with zero attached hydrogens (tertiary/aromatic N) is 5. The summed E-state index contributed by atoms with van der Waals surface area (Å²) in [5.74, 6) is -1.98. The van der Waals surface area contributed by atoms with Gasteiger partial charge in [-0.25, -0.2) is 14.6 Å². The fourth-order valence-corrected chi connectivity index (χ4v) is 9.89. The van der Waals surface area contributed by atoms with E-state index in [-0.39, 0.29) is 92.8 Å². The zero-order valence-corrected chi connectivity index (χ0v) is 43.0. The molecule has 72 heavy (non-hydrogen) atoms. The van der Waals surface area contributed by atoms with E-state index in [1.54, 1.807) is 92.0 Å². The van der Waals surface area contributed by atoms with Crippen molar-refractivity contribution in [3.05, 3.63) is 56.9 Å². The zero-order chi connectivity index (χ0) is 52.3. The first-order valence-electron chi connectivity index (χ1n) is 25.4. The number of carbonyl (C=O) groups is 7. The maximum Gasteiger partial charge on any atom is 0.415 e. The Kier molecular flexibility index (Phi) is 15.9. The molecular weight excluding hydrogens is 929 g/mol. The van der Waals surface area contributed by atoms with E-state index < -0.39 is 46.2 Å². The molecule has 6 heterocycles. The lowest BCUT2D eigenvalue weighted by Crippen LogP contribution is -2.53. The van der Waals surface area contributed by atoms with E-state index >= 15 is 0 Å². The van der Waals surface area contributed by atoms with Gasteiger partial charge in [0.2, 0.25) is 17.7 Å². The number of piperazine rings is 1. The van der Waals surface area contributed by atoms with Gasteiger partial charge in [-0.15, -0.1) is 0 Å². The van der Waals surface area contributed by atoms with Crippen molar-refractivity contribution < 1.29 is 57.6 Å². The van der Waals surface area contributed by atoms with E-state index in [0.29, 0.717) is 93.9 Å². The summed E-state index contributed by atoms with van der Waals surface area (Å²) in [6.45, 7) is 16.3. The van der Waals surface area contributed by atoms with Gasteiger partial charge in [0.1, 0.15) is 23.6 Å². The number of benzene rings is 1. The van der Waals surface area contributed by atoms with Crippen molar-refractivity contribution in [1.82, 2.24) is 29.6 Å². The lowest BCUT2D eigenvalue weighted by atomic mass is 9.77. The van der Waals surface area contributed by atoms with Crippen molar-refractivity contribution in [2.75, 3.05) is 45.8 Å². The molecular formula is C53H70N6O13. The topological polar surface area (TPSA) is 233 Å². The van der Waals surface area contributed by atoms with Crippen LogP contribution in [0.25, 0.3) is 22.3 Å². The van der Waals surface area contributed by atoms with Crippen LogP contribution in [0.15, 0.2) is 29.1 Å². The van der Waals surface area contributed by atoms with Crippen LogP contribution >= 0.6 is 0 Å². The van der Waals surface area contributed by atoms with E-state index in [2.05, 4.69) is 5.32 Å². The summed E-state index contributed by atoms with van der Waals surface area (Å²) in [7, 11) is 0. The summed E-state index contributed by atoms with van der Waals surface area (Å²) < 4.78 is 23.9. The Labute approximate surface area is 419 Å². The highest BCUT2D eigenvalue weighted by Gasteiger charge is 2.53. The standard InChI is InChI=1S/C53H70N6O13/c1-9-34-35-29-33(18-19-39(35)55-44-36(34)31-59-40(44)30-38-37(45(59)63)32-69-48(66)53(38,68)10-2)70-49(67)58-27-25-57(26-28-58)43(62)17-13-14-22-54-41(60)15-11-12-16-42(61)56-23-20-52(21-24-56,46(64)71-50(3,4)5)47(65)72-51(6,7)8/h18-19,29-30,68H,9-17,20-28,31-32H2,1-8H3,(H,54,60)/t53-/m0/s1. The SMILES string of the molecule is CCc1c2c(nc3ccc(OC(=O)N4CCN(C(=O)CCCCNC(=O)CCCCC(=O)N5CCC(C(=O)OC(C)(C)C)(C(=O)OC(C)(C)C)CC5)CC4)cc13)-c1cc3c(c(=O)n1C2)COC(=O)[C@]3(O)CC. The normalized spacial score (nSPS) is 18.4. The molecule has 2 fully saturated rings. The van der Waals surface area contributed by atoms with Gasteiger partial charge >= 0.3 is 24.0 Å². The van der Waals surface area contributed by atoms with Gasteiger partial charge in [-0.2, -0.15) is 0 Å². The third-order valence-electron chi connectivity index (χ3n) is 14.0. The van der Waals surface area contributed by atoms with Crippen LogP contribution in [0.4, 0.5) is 4.79 Å². The van der Waals surface area contributed by atoms with Gasteiger partial charge in [0.05, 0.1) is 29.0 Å². The highest BCUT2D eigenvalue weighted by Crippen LogP contribution is 2.41. The van der Waals surface area contributed by atoms with Gasteiger partial charge in [0.25, 0.3) is 5.56 Å². The van der Waals surface area contributed by atoms with Crippen molar-refractivity contribution in [3.63, 3.8) is 0 Å². The minimum Gasteiger partial charge on any atom is -0.459 e. The molecule has 0 aliphatic carbocycles. The molecule has 0 bridgehead atoms. The van der Waals surface area contributed by atoms with Crippen LogP contribution in [0, 0.1) is 5.41 Å². The van der Waals surface area contributed by atoms with Gasteiger partial charge in [0, 0.05) is 81.6 Å². The fourth-order valence-electron chi connectivity index (χ4n) is 9.89. The van der Waals surface area contributed by atoms with E-state index in [1.165, 1.54) is 0 Å². The lowest BCUT2D eigenvalue weighted by molar-refractivity contribution is -0.190. The number of piperidine rings is 1. The molecule has 4 aliphatic rings. The Bertz CT molecular complexity index is 2650. The first-order valence-corrected chi connectivity index (χ1v) is 25.4. The summed E-state index contributed by atoms with van der Waals surface area (Å²) in [6.07, 6.45) is 3.34. The number of likely N-dealkylation sites (tertiary alicyclic amines) is 1. The largest absolute Gasteiger partial charge is 0.459 e. The smallest absolute Gasteiger partial charge is 0.415 e. The first-order chi connectivity index (χ1) is 34.0. The van der Waals surface area contributed by atoms with Crippen LogP contribution in [-0.2, 0) is 68.2 Å².